The first-order valence-electron chi connectivity index (χ1n) is 1.41. The van der Waals surface area contributed by atoms with Gasteiger partial charge in [-0.05, 0) is 0 Å². The van der Waals surface area contributed by atoms with Gasteiger partial charge in [0, 0.05) is 0 Å². The summed E-state index contributed by atoms with van der Waals surface area (Å²) in [5.41, 5.74) is 0. The van der Waals surface area contributed by atoms with Crippen LogP contribution >= 0.6 is 0 Å². The van der Waals surface area contributed by atoms with Crippen molar-refractivity contribution in [2.45, 2.75) is 4.22 Å². The van der Waals surface area contributed by atoms with E-state index in [1.165, 1.54) is 71.5 Å². The third-order valence-electron chi connectivity index (χ3n) is 0.276. The summed E-state index contributed by atoms with van der Waals surface area (Å²) >= 11 is 7.29. The minimum atomic E-state index is 1.19. The topological polar surface area (TPSA) is 0 Å². The van der Waals surface area contributed by atoms with Gasteiger partial charge in [-0.1, -0.05) is 0 Å². The van der Waals surface area contributed by atoms with Crippen LogP contribution in [0.25, 0.3) is 0 Å². The van der Waals surface area contributed by atoms with Crippen LogP contribution in [0, 0.1) is 0 Å². The van der Waals surface area contributed by atoms with Gasteiger partial charge in [-0.15, -0.1) is 0 Å². The molecule has 1 aliphatic rings. The van der Waals surface area contributed by atoms with Crippen LogP contribution in [0.1, 0.15) is 0 Å². The average Bonchev–Trinajstić information content (AvgIpc) is 1.90. The molecule has 0 saturated carbocycles. The normalized spacial score (nSPS) is 24.0. The van der Waals surface area contributed by atoms with Crippen molar-refractivity contribution in [2.24, 2.45) is 0 Å². The molecule has 0 bridgehead atoms. The van der Waals surface area contributed by atoms with Crippen LogP contribution in [0.4, 0.5) is 0 Å². The van der Waals surface area contributed by atoms with Gasteiger partial charge in [0.1, 0.15) is 0 Å². The molecule has 0 aromatic rings. The predicted octanol–water partition coefficient (Wildman–Crippen LogP) is -1.82. The Balaban J connectivity index is 2.04. The summed E-state index contributed by atoms with van der Waals surface area (Å²) in [6.07, 6.45) is 0. The van der Waals surface area contributed by atoms with E-state index in [4.69, 9.17) is 0 Å². The molecule has 0 aromatic heterocycles. The Morgan fingerprint density at radius 2 is 1.29 bits per heavy atom. The van der Waals surface area contributed by atoms with Crippen LogP contribution in [0.15, 0.2) is 0 Å². The molecule has 0 atom stereocenters. The second kappa shape index (κ2) is 5.87. The van der Waals surface area contributed by atoms with Crippen molar-refractivity contribution in [2.75, 3.05) is 0 Å². The van der Waals surface area contributed by atoms with E-state index in [0.717, 1.165) is 0 Å². The molecule has 0 aromatic carbocycles. The number of rotatable bonds is 0. The molecule has 42 valence electrons. The van der Waals surface area contributed by atoms with E-state index in [2.05, 4.69) is 0 Å². The second-order valence-electron chi connectivity index (χ2n) is 0.626. The van der Waals surface area contributed by atoms with Crippen molar-refractivity contribution in [1.29, 1.82) is 0 Å². The van der Waals surface area contributed by atoms with Crippen LogP contribution < -0.4 is 0 Å². The third-order valence-corrected chi connectivity index (χ3v) is 87.7. The molecule has 1 fully saturated rings. The fraction of sp³-hybridized carbons (Fsp3) is 1.00. The van der Waals surface area contributed by atoms with Gasteiger partial charge in [-0.3, -0.25) is 0 Å². The van der Waals surface area contributed by atoms with Gasteiger partial charge in [0.05, 0.1) is 0 Å². The zero-order valence-electron chi connectivity index (χ0n) is 3.16. The molecule has 1 aliphatic heterocycles. The van der Waals surface area contributed by atoms with Crippen LogP contribution in [-0.4, -0.2) is 71.5 Å². The first kappa shape index (κ1) is 8.22. The molecule has 1 rings (SSSR count). The zero-order valence-corrected chi connectivity index (χ0v) is 13.4. The summed E-state index contributed by atoms with van der Waals surface area (Å²) < 4.78 is 1.71. The van der Waals surface area contributed by atoms with E-state index >= 15 is 0 Å². The first-order chi connectivity index (χ1) is 3.50. The Kier molecular flexibility index (Phi) is 6.89. The van der Waals surface area contributed by atoms with Crippen molar-refractivity contribution < 1.29 is 0 Å². The molecule has 0 spiro atoms. The molecule has 0 radical (unpaired) electrons. The molecule has 0 unspecified atom stereocenters. The van der Waals surface area contributed by atoms with E-state index in [0.29, 0.717) is 0 Å². The van der Waals surface area contributed by atoms with Crippen LogP contribution in [0.2, 0.25) is 4.22 Å². The van der Waals surface area contributed by atoms with Gasteiger partial charge >= 0.3 is 75.7 Å². The van der Waals surface area contributed by atoms with E-state index in [9.17, 15) is 0 Å². The molecule has 1 saturated heterocycles. The monoisotopic (exact) mass is 494 g/mol. The van der Waals surface area contributed by atoms with E-state index in [-0.39, 0.29) is 0 Å². The Bertz CT molecular complexity index is 23.8. The van der Waals surface area contributed by atoms with Crippen molar-refractivity contribution >= 4 is 71.5 Å². The SMILES string of the molecule is C1[Se][Se][Se][Se][Se][Se]1. The molecular weight excluding hydrogens is 486 g/mol. The summed E-state index contributed by atoms with van der Waals surface area (Å²) in [4.78, 5) is 0. The summed E-state index contributed by atoms with van der Waals surface area (Å²) in [6, 6.07) is 0. The Hall–Kier alpha value is 3.12. The van der Waals surface area contributed by atoms with Gasteiger partial charge in [-0.25, -0.2) is 0 Å². The predicted molar refractivity (Wildman–Crippen MR) is 39.3 cm³/mol. The van der Waals surface area contributed by atoms with Crippen molar-refractivity contribution in [1.82, 2.24) is 0 Å². The Labute approximate surface area is 74.2 Å². The van der Waals surface area contributed by atoms with Crippen LogP contribution in [0.3, 0.4) is 0 Å². The van der Waals surface area contributed by atoms with Gasteiger partial charge in [-0.2, -0.15) is 0 Å². The summed E-state index contributed by atoms with van der Waals surface area (Å²) in [6.45, 7) is 0. The van der Waals surface area contributed by atoms with Crippen molar-refractivity contribution in [3.63, 3.8) is 0 Å². The van der Waals surface area contributed by atoms with E-state index in [1.54, 1.807) is 4.22 Å². The molecule has 0 aliphatic carbocycles. The average molecular weight is 488 g/mol. The van der Waals surface area contributed by atoms with Gasteiger partial charge in [0.25, 0.3) is 0 Å². The standard InChI is InChI=1S/CH2Se6/c1-2-4-6-7-5-3-1/h1H2. The molecular formula is CH2Se6. The van der Waals surface area contributed by atoms with Crippen molar-refractivity contribution in [3.8, 4) is 0 Å². The maximum atomic E-state index is 1.71. The summed E-state index contributed by atoms with van der Waals surface area (Å²) in [5.74, 6) is 0. The molecule has 0 N–H and O–H groups in total. The summed E-state index contributed by atoms with van der Waals surface area (Å²) in [5, 5.41) is 0. The van der Waals surface area contributed by atoms with Gasteiger partial charge in [0.2, 0.25) is 0 Å². The molecule has 6 heteroatoms. The van der Waals surface area contributed by atoms with E-state index in [1.807, 2.05) is 0 Å². The second-order valence-corrected chi connectivity index (χ2v) is 47.7. The number of hydrogen-bond acceptors (Lipinski definition) is 0. The molecule has 0 amide bonds. The first-order valence-corrected chi connectivity index (χ1v) is 25.5. The molecule has 1 heterocycles. The van der Waals surface area contributed by atoms with Gasteiger partial charge < -0.3 is 0 Å². The van der Waals surface area contributed by atoms with E-state index < -0.39 is 0 Å². The minimum absolute atomic E-state index is 1.19. The summed E-state index contributed by atoms with van der Waals surface area (Å²) in [7, 11) is 0. The third kappa shape index (κ3) is 4.51. The Morgan fingerprint density at radius 3 is 1.86 bits per heavy atom. The van der Waals surface area contributed by atoms with Crippen LogP contribution in [-0.2, 0) is 0 Å². The Morgan fingerprint density at radius 1 is 0.714 bits per heavy atom. The maximum absolute atomic E-state index is 1.71. The fourth-order valence-corrected chi connectivity index (χ4v) is 158. The van der Waals surface area contributed by atoms with Crippen LogP contribution in [0.5, 0.6) is 0 Å². The quantitative estimate of drug-likeness (QED) is 0.353. The molecule has 0 nitrogen and oxygen atoms in total. The van der Waals surface area contributed by atoms with Crippen molar-refractivity contribution in [3.05, 3.63) is 0 Å². The number of hydrogen-bond donors (Lipinski definition) is 0. The zero-order chi connectivity index (χ0) is 4.95. The molecule has 7 heavy (non-hydrogen) atoms. The fourth-order valence-electron chi connectivity index (χ4n) is 0.121. The van der Waals surface area contributed by atoms with Gasteiger partial charge in [0.15, 0.2) is 0 Å².